The van der Waals surface area contributed by atoms with E-state index in [1.165, 1.54) is 0 Å². The Labute approximate surface area is 136 Å². The molecule has 7 heteroatoms. The summed E-state index contributed by atoms with van der Waals surface area (Å²) in [7, 11) is 0. The number of amides is 1. The van der Waals surface area contributed by atoms with E-state index in [-0.39, 0.29) is 12.1 Å². The lowest BCUT2D eigenvalue weighted by molar-refractivity contribution is -0.146. The van der Waals surface area contributed by atoms with Gasteiger partial charge in [0.25, 0.3) is 5.91 Å². The fraction of sp³-hybridized carbons (Fsp3) is 0.125. The van der Waals surface area contributed by atoms with Crippen molar-refractivity contribution in [1.82, 2.24) is 0 Å². The number of hydrogen-bond donors (Lipinski definition) is 1. The van der Waals surface area contributed by atoms with E-state index in [4.69, 9.17) is 16.3 Å². The highest BCUT2D eigenvalue weighted by Gasteiger charge is 2.11. The summed E-state index contributed by atoms with van der Waals surface area (Å²) < 4.78 is 31.1. The summed E-state index contributed by atoms with van der Waals surface area (Å²) in [6.45, 7) is -0.595. The first-order chi connectivity index (χ1) is 10.9. The van der Waals surface area contributed by atoms with Crippen molar-refractivity contribution < 1.29 is 23.1 Å². The van der Waals surface area contributed by atoms with Crippen molar-refractivity contribution in [3.8, 4) is 0 Å². The van der Waals surface area contributed by atoms with E-state index >= 15 is 0 Å². The minimum atomic E-state index is -0.785. The minimum absolute atomic E-state index is 0.0290. The normalized spacial score (nSPS) is 10.2. The highest BCUT2D eigenvalue weighted by molar-refractivity contribution is 6.30. The van der Waals surface area contributed by atoms with Crippen molar-refractivity contribution >= 4 is 29.2 Å². The second-order valence-electron chi connectivity index (χ2n) is 4.64. The maximum Gasteiger partial charge on any atom is 0.310 e. The molecule has 0 atom stereocenters. The van der Waals surface area contributed by atoms with Crippen LogP contribution in [0.3, 0.4) is 0 Å². The standard InChI is InChI=1S/C16H12ClF2NO3/c17-11-3-1-10(2-4-11)7-16(22)23-9-15(21)20-14-8-12(18)5-6-13(14)19/h1-6,8H,7,9H2,(H,20,21). The second-order valence-corrected chi connectivity index (χ2v) is 5.07. The third-order valence-electron chi connectivity index (χ3n) is 2.83. The van der Waals surface area contributed by atoms with E-state index in [0.717, 1.165) is 18.2 Å². The van der Waals surface area contributed by atoms with Crippen LogP contribution in [0.1, 0.15) is 5.56 Å². The fourth-order valence-electron chi connectivity index (χ4n) is 1.75. The van der Waals surface area contributed by atoms with Crippen LogP contribution in [0, 0.1) is 11.6 Å². The Balaban J connectivity index is 1.83. The van der Waals surface area contributed by atoms with Gasteiger partial charge < -0.3 is 10.1 Å². The van der Waals surface area contributed by atoms with E-state index in [9.17, 15) is 18.4 Å². The van der Waals surface area contributed by atoms with Crippen molar-refractivity contribution in [1.29, 1.82) is 0 Å². The topological polar surface area (TPSA) is 55.4 Å². The van der Waals surface area contributed by atoms with Gasteiger partial charge in [-0.3, -0.25) is 9.59 Å². The van der Waals surface area contributed by atoms with E-state index in [1.807, 2.05) is 0 Å². The largest absolute Gasteiger partial charge is 0.455 e. The SMILES string of the molecule is O=C(COC(=O)Cc1ccc(Cl)cc1)Nc1cc(F)ccc1F. The lowest BCUT2D eigenvalue weighted by Gasteiger charge is -2.07. The lowest BCUT2D eigenvalue weighted by Crippen LogP contribution is -2.22. The van der Waals surface area contributed by atoms with Crippen LogP contribution in [0.4, 0.5) is 14.5 Å². The number of ether oxygens (including phenoxy) is 1. The molecule has 0 heterocycles. The van der Waals surface area contributed by atoms with Crippen LogP contribution >= 0.6 is 11.6 Å². The first-order valence-corrected chi connectivity index (χ1v) is 6.97. The molecule has 2 aromatic rings. The van der Waals surface area contributed by atoms with Crippen molar-refractivity contribution in [3.63, 3.8) is 0 Å². The third kappa shape index (κ3) is 5.34. The lowest BCUT2D eigenvalue weighted by atomic mass is 10.1. The number of esters is 1. The molecule has 0 fully saturated rings. The van der Waals surface area contributed by atoms with Crippen molar-refractivity contribution in [2.75, 3.05) is 11.9 Å². The second kappa shape index (κ2) is 7.69. The Morgan fingerprint density at radius 1 is 1.09 bits per heavy atom. The Hall–Kier alpha value is -2.47. The van der Waals surface area contributed by atoms with Crippen LogP contribution in [0.5, 0.6) is 0 Å². The molecule has 0 aliphatic heterocycles. The van der Waals surface area contributed by atoms with Crippen LogP contribution in [0.15, 0.2) is 42.5 Å². The quantitative estimate of drug-likeness (QED) is 0.850. The van der Waals surface area contributed by atoms with Gasteiger partial charge in [-0.15, -0.1) is 0 Å². The third-order valence-corrected chi connectivity index (χ3v) is 3.08. The molecule has 23 heavy (non-hydrogen) atoms. The number of benzene rings is 2. The molecule has 0 spiro atoms. The maximum atomic E-state index is 13.3. The number of carbonyl (C=O) groups is 2. The van der Waals surface area contributed by atoms with Crippen LogP contribution in [0.2, 0.25) is 5.02 Å². The molecule has 1 amide bonds. The van der Waals surface area contributed by atoms with Gasteiger partial charge in [0.2, 0.25) is 0 Å². The van der Waals surface area contributed by atoms with E-state index in [0.29, 0.717) is 10.6 Å². The molecular formula is C16H12ClF2NO3. The van der Waals surface area contributed by atoms with Gasteiger partial charge in [0.15, 0.2) is 6.61 Å². The number of halogens is 3. The predicted octanol–water partition coefficient (Wildman–Crippen LogP) is 3.34. The summed E-state index contributed by atoms with van der Waals surface area (Å²) in [5.41, 5.74) is 0.361. The van der Waals surface area contributed by atoms with Crippen LogP contribution in [-0.2, 0) is 20.7 Å². The molecule has 1 N–H and O–H groups in total. The van der Waals surface area contributed by atoms with Gasteiger partial charge in [0.05, 0.1) is 12.1 Å². The molecule has 0 radical (unpaired) electrons. The Morgan fingerprint density at radius 3 is 2.48 bits per heavy atom. The molecule has 120 valence electrons. The Morgan fingerprint density at radius 2 is 1.78 bits per heavy atom. The zero-order valence-corrected chi connectivity index (χ0v) is 12.6. The number of carbonyl (C=O) groups excluding carboxylic acids is 2. The van der Waals surface area contributed by atoms with E-state index in [2.05, 4.69) is 5.32 Å². The van der Waals surface area contributed by atoms with Crippen molar-refractivity contribution in [3.05, 3.63) is 64.7 Å². The van der Waals surface area contributed by atoms with Crippen LogP contribution in [-0.4, -0.2) is 18.5 Å². The van der Waals surface area contributed by atoms with E-state index < -0.39 is 30.1 Å². The summed E-state index contributed by atoms with van der Waals surface area (Å²) in [5, 5.41) is 2.67. The summed E-state index contributed by atoms with van der Waals surface area (Å²) in [4.78, 5) is 23.2. The molecule has 2 rings (SSSR count). The van der Waals surface area contributed by atoms with Crippen LogP contribution < -0.4 is 5.32 Å². The van der Waals surface area contributed by atoms with Gasteiger partial charge in [-0.1, -0.05) is 23.7 Å². The monoisotopic (exact) mass is 339 g/mol. The first kappa shape index (κ1) is 16.9. The summed E-state index contributed by atoms with van der Waals surface area (Å²) >= 11 is 5.73. The molecule has 0 aliphatic rings. The maximum absolute atomic E-state index is 13.3. The average Bonchev–Trinajstić information content (AvgIpc) is 2.51. The number of anilines is 1. The van der Waals surface area contributed by atoms with Crippen molar-refractivity contribution in [2.24, 2.45) is 0 Å². The minimum Gasteiger partial charge on any atom is -0.455 e. The highest BCUT2D eigenvalue weighted by Crippen LogP contribution is 2.15. The van der Waals surface area contributed by atoms with E-state index in [1.54, 1.807) is 24.3 Å². The highest BCUT2D eigenvalue weighted by atomic mass is 35.5. The Kier molecular flexibility index (Phi) is 5.65. The molecule has 0 unspecified atom stereocenters. The Bertz CT molecular complexity index is 720. The van der Waals surface area contributed by atoms with Crippen LogP contribution in [0.25, 0.3) is 0 Å². The van der Waals surface area contributed by atoms with Gasteiger partial charge in [-0.25, -0.2) is 8.78 Å². The molecule has 2 aromatic carbocycles. The summed E-state index contributed by atoms with van der Waals surface area (Å²) in [6.07, 6.45) is -0.0290. The smallest absolute Gasteiger partial charge is 0.310 e. The van der Waals surface area contributed by atoms with Gasteiger partial charge in [0.1, 0.15) is 11.6 Å². The zero-order chi connectivity index (χ0) is 16.8. The number of nitrogens with one attached hydrogen (secondary N) is 1. The van der Waals surface area contributed by atoms with Crippen molar-refractivity contribution in [2.45, 2.75) is 6.42 Å². The summed E-state index contributed by atoms with van der Waals surface area (Å²) in [5.74, 6) is -2.87. The predicted molar refractivity (Wildman–Crippen MR) is 81.1 cm³/mol. The molecule has 0 saturated heterocycles. The first-order valence-electron chi connectivity index (χ1n) is 6.59. The molecule has 0 bridgehead atoms. The number of hydrogen-bond acceptors (Lipinski definition) is 3. The van der Waals surface area contributed by atoms with Gasteiger partial charge >= 0.3 is 5.97 Å². The molecule has 0 saturated carbocycles. The fourth-order valence-corrected chi connectivity index (χ4v) is 1.87. The summed E-state index contributed by atoms with van der Waals surface area (Å²) in [6, 6.07) is 9.22. The molecule has 4 nitrogen and oxygen atoms in total. The zero-order valence-electron chi connectivity index (χ0n) is 11.8. The molecule has 0 aliphatic carbocycles. The van der Waals surface area contributed by atoms with Gasteiger partial charge in [-0.2, -0.15) is 0 Å². The van der Waals surface area contributed by atoms with Gasteiger partial charge in [-0.05, 0) is 29.8 Å². The number of rotatable bonds is 5. The van der Waals surface area contributed by atoms with Gasteiger partial charge in [0, 0.05) is 11.1 Å². The molecular weight excluding hydrogens is 328 g/mol. The average molecular weight is 340 g/mol. The molecule has 0 aromatic heterocycles.